The van der Waals surface area contributed by atoms with E-state index in [9.17, 15) is 14.4 Å². The van der Waals surface area contributed by atoms with Crippen molar-refractivity contribution in [3.05, 3.63) is 36.3 Å². The van der Waals surface area contributed by atoms with E-state index in [1.165, 1.54) is 4.90 Å². The molecular formula is C19H22N2O4. The van der Waals surface area contributed by atoms with Gasteiger partial charge in [0, 0.05) is 25.9 Å². The van der Waals surface area contributed by atoms with Crippen LogP contribution in [-0.2, 0) is 20.8 Å². The van der Waals surface area contributed by atoms with Crippen LogP contribution in [0.3, 0.4) is 0 Å². The fraction of sp³-hybridized carbons (Fsp3) is 0.526. The summed E-state index contributed by atoms with van der Waals surface area (Å²) in [6.45, 7) is 0.858. The maximum Gasteiger partial charge on any atom is 0.233 e. The quantitative estimate of drug-likeness (QED) is 0.463. The molecule has 25 heavy (non-hydrogen) atoms. The predicted octanol–water partition coefficient (Wildman–Crippen LogP) is 1.53. The minimum atomic E-state index is -0.134. The van der Waals surface area contributed by atoms with Crippen LogP contribution in [0.4, 0.5) is 0 Å². The van der Waals surface area contributed by atoms with Crippen LogP contribution < -0.4 is 5.32 Å². The van der Waals surface area contributed by atoms with Gasteiger partial charge in [-0.2, -0.15) is 0 Å². The van der Waals surface area contributed by atoms with E-state index in [-0.39, 0.29) is 41.4 Å². The summed E-state index contributed by atoms with van der Waals surface area (Å²) in [6, 6.07) is 3.64. The van der Waals surface area contributed by atoms with E-state index in [2.05, 4.69) is 17.5 Å². The number of allylic oxidation sites excluding steroid dienone is 2. The number of rotatable bonds is 7. The van der Waals surface area contributed by atoms with Gasteiger partial charge >= 0.3 is 0 Å². The van der Waals surface area contributed by atoms with Gasteiger partial charge in [0.1, 0.15) is 5.76 Å². The monoisotopic (exact) mass is 342 g/mol. The summed E-state index contributed by atoms with van der Waals surface area (Å²) in [7, 11) is 0. The predicted molar refractivity (Wildman–Crippen MR) is 89.1 cm³/mol. The molecule has 1 saturated heterocycles. The minimum absolute atomic E-state index is 0.0176. The average Bonchev–Trinajstić information content (AvgIpc) is 3.37. The normalized spacial score (nSPS) is 29.5. The van der Waals surface area contributed by atoms with Crippen molar-refractivity contribution in [3.63, 3.8) is 0 Å². The summed E-state index contributed by atoms with van der Waals surface area (Å²) in [6.07, 6.45) is 8.27. The Kier molecular flexibility index (Phi) is 4.19. The third-order valence-corrected chi connectivity index (χ3v) is 5.62. The van der Waals surface area contributed by atoms with Gasteiger partial charge in [-0.25, -0.2) is 0 Å². The molecule has 1 aliphatic heterocycles. The van der Waals surface area contributed by atoms with Gasteiger partial charge in [-0.05, 0) is 36.8 Å². The highest BCUT2D eigenvalue weighted by Gasteiger charge is 2.58. The lowest BCUT2D eigenvalue weighted by Crippen LogP contribution is -2.35. The van der Waals surface area contributed by atoms with E-state index in [0.717, 1.165) is 12.2 Å². The number of hydrogen-bond donors (Lipinski definition) is 1. The lowest BCUT2D eigenvalue weighted by atomic mass is 9.85. The molecule has 6 heteroatoms. The number of hydrogen-bond acceptors (Lipinski definition) is 4. The van der Waals surface area contributed by atoms with E-state index in [1.807, 2.05) is 6.07 Å². The van der Waals surface area contributed by atoms with E-state index in [1.54, 1.807) is 12.3 Å². The first-order valence-corrected chi connectivity index (χ1v) is 8.98. The number of imide groups is 1. The number of fused-ring (bicyclic) bond motifs is 5. The number of amides is 3. The molecular weight excluding hydrogens is 320 g/mol. The fourth-order valence-electron chi connectivity index (χ4n) is 4.43. The van der Waals surface area contributed by atoms with Crippen molar-refractivity contribution >= 4 is 17.7 Å². The largest absolute Gasteiger partial charge is 0.469 e. The molecule has 2 bridgehead atoms. The number of carbonyl (C=O) groups is 3. The second kappa shape index (κ2) is 6.50. The fourth-order valence-corrected chi connectivity index (χ4v) is 4.43. The zero-order chi connectivity index (χ0) is 17.4. The maximum absolute atomic E-state index is 12.5. The third kappa shape index (κ3) is 2.90. The van der Waals surface area contributed by atoms with E-state index < -0.39 is 0 Å². The molecule has 0 spiro atoms. The maximum atomic E-state index is 12.5. The smallest absolute Gasteiger partial charge is 0.233 e. The van der Waals surface area contributed by atoms with Crippen LogP contribution in [0.5, 0.6) is 0 Å². The number of likely N-dealkylation sites (tertiary alicyclic amines) is 1. The zero-order valence-corrected chi connectivity index (χ0v) is 14.0. The topological polar surface area (TPSA) is 79.6 Å². The number of carbonyl (C=O) groups excluding carboxylic acids is 3. The Bertz CT molecular complexity index is 679. The highest BCUT2D eigenvalue weighted by atomic mass is 16.3. The molecule has 4 atom stereocenters. The van der Waals surface area contributed by atoms with Crippen LogP contribution in [0.25, 0.3) is 0 Å². The Morgan fingerprint density at radius 2 is 1.92 bits per heavy atom. The van der Waals surface area contributed by atoms with E-state index in [4.69, 9.17) is 4.42 Å². The molecule has 3 aliphatic rings. The minimum Gasteiger partial charge on any atom is -0.469 e. The molecule has 3 amide bonds. The van der Waals surface area contributed by atoms with Crippen molar-refractivity contribution < 1.29 is 18.8 Å². The van der Waals surface area contributed by atoms with Crippen LogP contribution in [0.1, 0.15) is 25.0 Å². The highest BCUT2D eigenvalue weighted by molar-refractivity contribution is 6.06. The highest BCUT2D eigenvalue weighted by Crippen LogP contribution is 2.52. The van der Waals surface area contributed by atoms with Gasteiger partial charge in [-0.3, -0.25) is 19.3 Å². The third-order valence-electron chi connectivity index (χ3n) is 5.62. The van der Waals surface area contributed by atoms with Gasteiger partial charge < -0.3 is 9.73 Å². The number of furan rings is 1. The van der Waals surface area contributed by atoms with Gasteiger partial charge in [0.25, 0.3) is 0 Å². The summed E-state index contributed by atoms with van der Waals surface area (Å²) in [5.74, 6) is 0.936. The van der Waals surface area contributed by atoms with Crippen LogP contribution in [0, 0.1) is 23.7 Å². The van der Waals surface area contributed by atoms with Gasteiger partial charge in [-0.15, -0.1) is 0 Å². The zero-order valence-electron chi connectivity index (χ0n) is 14.0. The first-order valence-electron chi connectivity index (χ1n) is 8.98. The Labute approximate surface area is 146 Å². The number of nitrogens with one attached hydrogen (secondary N) is 1. The SMILES string of the molecule is O=C(CCc1ccco1)NCCCN1C(=O)[C@@H]2[C@@H](C1=O)[C@H]1C=C[C@H]2C1. The molecule has 6 nitrogen and oxygen atoms in total. The number of aryl methyl sites for hydroxylation is 1. The summed E-state index contributed by atoms with van der Waals surface area (Å²) >= 11 is 0. The molecule has 1 aromatic rings. The first kappa shape index (κ1) is 16.1. The van der Waals surface area contributed by atoms with Gasteiger partial charge in [0.15, 0.2) is 0 Å². The summed E-state index contributed by atoms with van der Waals surface area (Å²) < 4.78 is 5.19. The van der Waals surface area contributed by atoms with E-state index >= 15 is 0 Å². The van der Waals surface area contributed by atoms with Crippen molar-refractivity contribution in [3.8, 4) is 0 Å². The number of nitrogens with zero attached hydrogens (tertiary/aromatic N) is 1. The molecule has 0 unspecified atom stereocenters. The van der Waals surface area contributed by atoms with Crippen LogP contribution in [0.2, 0.25) is 0 Å². The molecule has 2 fully saturated rings. The lowest BCUT2D eigenvalue weighted by Gasteiger charge is -2.17. The molecule has 0 radical (unpaired) electrons. The molecule has 132 valence electrons. The Balaban J connectivity index is 1.20. The van der Waals surface area contributed by atoms with Gasteiger partial charge in [-0.1, -0.05) is 12.2 Å². The van der Waals surface area contributed by atoms with Crippen LogP contribution >= 0.6 is 0 Å². The lowest BCUT2D eigenvalue weighted by molar-refractivity contribution is -0.140. The molecule has 2 aliphatic carbocycles. The molecule has 2 heterocycles. The van der Waals surface area contributed by atoms with Crippen molar-refractivity contribution in [1.82, 2.24) is 10.2 Å². The molecule has 4 rings (SSSR count). The Morgan fingerprint density at radius 3 is 2.56 bits per heavy atom. The van der Waals surface area contributed by atoms with E-state index in [0.29, 0.717) is 32.4 Å². The Morgan fingerprint density at radius 1 is 1.20 bits per heavy atom. The molecule has 1 N–H and O–H groups in total. The first-order chi connectivity index (χ1) is 12.1. The molecule has 1 aromatic heterocycles. The van der Waals surface area contributed by atoms with Crippen LogP contribution in [0.15, 0.2) is 35.0 Å². The second-order valence-corrected chi connectivity index (χ2v) is 7.11. The van der Waals surface area contributed by atoms with Gasteiger partial charge in [0.05, 0.1) is 18.1 Å². The molecule has 1 saturated carbocycles. The van der Waals surface area contributed by atoms with Gasteiger partial charge in [0.2, 0.25) is 17.7 Å². The summed E-state index contributed by atoms with van der Waals surface area (Å²) in [4.78, 5) is 38.3. The van der Waals surface area contributed by atoms with Crippen molar-refractivity contribution in [2.75, 3.05) is 13.1 Å². The summed E-state index contributed by atoms with van der Waals surface area (Å²) in [5, 5.41) is 2.84. The molecule has 0 aromatic carbocycles. The summed E-state index contributed by atoms with van der Waals surface area (Å²) in [5.41, 5.74) is 0. The van der Waals surface area contributed by atoms with Crippen molar-refractivity contribution in [2.24, 2.45) is 23.7 Å². The van der Waals surface area contributed by atoms with Crippen molar-refractivity contribution in [2.45, 2.75) is 25.7 Å². The Hall–Kier alpha value is -2.37. The van der Waals surface area contributed by atoms with Crippen molar-refractivity contribution in [1.29, 1.82) is 0 Å². The standard InChI is InChI=1S/C19H22N2O4/c22-15(7-6-14-3-1-10-25-14)20-8-2-9-21-18(23)16-12-4-5-13(11-12)17(16)19(21)24/h1,3-5,10,12-13,16-17H,2,6-9,11H2,(H,20,22)/t12-,13-,16-,17-/m0/s1. The van der Waals surface area contributed by atoms with Crippen LogP contribution in [-0.4, -0.2) is 35.7 Å². The second-order valence-electron chi connectivity index (χ2n) is 7.11. The average molecular weight is 342 g/mol.